The lowest BCUT2D eigenvalue weighted by molar-refractivity contribution is 1.05. The molecule has 3 heteroatoms. The van der Waals surface area contributed by atoms with Crippen LogP contribution in [0.15, 0.2) is 18.2 Å². The molecule has 2 nitrogen and oxygen atoms in total. The van der Waals surface area contributed by atoms with Gasteiger partial charge >= 0.3 is 0 Å². The number of nitrogens with zero attached hydrogens (tertiary/aromatic N) is 1. The van der Waals surface area contributed by atoms with Crippen LogP contribution in [0, 0.1) is 6.92 Å². The number of thiazole rings is 1. The SMILES string of the molecule is CC.CC.Cc1cccc2sc(CN)nc12. The minimum absolute atomic E-state index is 0.540. The molecule has 1 heterocycles. The molecule has 1 aromatic carbocycles. The molecule has 0 bridgehead atoms. The van der Waals surface area contributed by atoms with E-state index in [2.05, 4.69) is 30.1 Å². The Bertz CT molecular complexity index is 407. The Hall–Kier alpha value is -0.930. The Morgan fingerprint density at radius 3 is 2.31 bits per heavy atom. The number of hydrogen-bond donors (Lipinski definition) is 1. The largest absolute Gasteiger partial charge is 0.325 e. The van der Waals surface area contributed by atoms with Crippen molar-refractivity contribution in [3.63, 3.8) is 0 Å². The van der Waals surface area contributed by atoms with E-state index in [9.17, 15) is 0 Å². The van der Waals surface area contributed by atoms with E-state index in [1.807, 2.05) is 27.7 Å². The van der Waals surface area contributed by atoms with E-state index < -0.39 is 0 Å². The van der Waals surface area contributed by atoms with Crippen molar-refractivity contribution in [1.82, 2.24) is 4.98 Å². The summed E-state index contributed by atoms with van der Waals surface area (Å²) in [5.74, 6) is 0. The van der Waals surface area contributed by atoms with Gasteiger partial charge in [-0.15, -0.1) is 11.3 Å². The first kappa shape index (κ1) is 15.1. The van der Waals surface area contributed by atoms with Crippen LogP contribution in [0.1, 0.15) is 38.3 Å². The third-order valence-electron chi connectivity index (χ3n) is 1.84. The quantitative estimate of drug-likeness (QED) is 0.811. The molecule has 90 valence electrons. The highest BCUT2D eigenvalue weighted by atomic mass is 32.1. The molecular weight excluding hydrogens is 216 g/mol. The van der Waals surface area contributed by atoms with Crippen molar-refractivity contribution < 1.29 is 0 Å². The van der Waals surface area contributed by atoms with Crippen LogP contribution in [0.4, 0.5) is 0 Å². The maximum atomic E-state index is 5.51. The van der Waals surface area contributed by atoms with Crippen LogP contribution in [0.2, 0.25) is 0 Å². The molecular formula is C13H22N2S. The van der Waals surface area contributed by atoms with Gasteiger partial charge in [0.25, 0.3) is 0 Å². The van der Waals surface area contributed by atoms with Gasteiger partial charge in [0.05, 0.1) is 10.2 Å². The standard InChI is InChI=1S/C9H10N2S.2C2H6/c1-6-3-2-4-7-9(6)11-8(5-10)12-7;2*1-2/h2-4H,5,10H2,1H3;2*1-2H3. The summed E-state index contributed by atoms with van der Waals surface area (Å²) in [6.45, 7) is 10.6. The van der Waals surface area contributed by atoms with Crippen LogP contribution in [-0.2, 0) is 6.54 Å². The van der Waals surface area contributed by atoms with Crippen molar-refractivity contribution in [2.45, 2.75) is 41.2 Å². The summed E-state index contributed by atoms with van der Waals surface area (Å²) in [7, 11) is 0. The number of aryl methyl sites for hydroxylation is 1. The second kappa shape index (κ2) is 8.25. The summed E-state index contributed by atoms with van der Waals surface area (Å²) in [6.07, 6.45) is 0. The van der Waals surface area contributed by atoms with Gasteiger partial charge in [-0.1, -0.05) is 39.8 Å². The van der Waals surface area contributed by atoms with Crippen LogP contribution in [0.3, 0.4) is 0 Å². The van der Waals surface area contributed by atoms with Gasteiger partial charge in [-0.2, -0.15) is 0 Å². The Kier molecular flexibility index (Phi) is 7.77. The number of rotatable bonds is 1. The molecule has 16 heavy (non-hydrogen) atoms. The average Bonchev–Trinajstić information content (AvgIpc) is 2.79. The van der Waals surface area contributed by atoms with E-state index in [0.717, 1.165) is 10.5 Å². The minimum atomic E-state index is 0.540. The van der Waals surface area contributed by atoms with E-state index in [1.54, 1.807) is 11.3 Å². The van der Waals surface area contributed by atoms with Crippen LogP contribution in [0.5, 0.6) is 0 Å². The van der Waals surface area contributed by atoms with Gasteiger partial charge < -0.3 is 5.73 Å². The first-order valence-electron chi connectivity index (χ1n) is 5.86. The number of nitrogens with two attached hydrogens (primary N) is 1. The molecule has 0 aliphatic heterocycles. The van der Waals surface area contributed by atoms with Gasteiger partial charge in [0.2, 0.25) is 0 Å². The number of aromatic nitrogens is 1. The topological polar surface area (TPSA) is 38.9 Å². The van der Waals surface area contributed by atoms with Gasteiger partial charge in [-0.05, 0) is 18.6 Å². The molecule has 2 rings (SSSR count). The van der Waals surface area contributed by atoms with Crippen LogP contribution in [0.25, 0.3) is 10.2 Å². The second-order valence-electron chi connectivity index (χ2n) is 2.73. The summed E-state index contributed by atoms with van der Waals surface area (Å²) in [4.78, 5) is 4.42. The lowest BCUT2D eigenvalue weighted by Gasteiger charge is -1.90. The number of para-hydroxylation sites is 1. The van der Waals surface area contributed by atoms with E-state index in [-0.39, 0.29) is 0 Å². The second-order valence-corrected chi connectivity index (χ2v) is 3.85. The van der Waals surface area contributed by atoms with Gasteiger partial charge in [0.15, 0.2) is 0 Å². The van der Waals surface area contributed by atoms with Crippen LogP contribution >= 0.6 is 11.3 Å². The number of hydrogen-bond acceptors (Lipinski definition) is 3. The highest BCUT2D eigenvalue weighted by molar-refractivity contribution is 7.18. The Morgan fingerprint density at radius 1 is 1.19 bits per heavy atom. The van der Waals surface area contributed by atoms with Crippen molar-refractivity contribution >= 4 is 21.6 Å². The van der Waals surface area contributed by atoms with E-state index in [0.29, 0.717) is 6.54 Å². The molecule has 1 aromatic heterocycles. The summed E-state index contributed by atoms with van der Waals surface area (Å²) < 4.78 is 1.23. The van der Waals surface area contributed by atoms with Crippen molar-refractivity contribution in [1.29, 1.82) is 0 Å². The van der Waals surface area contributed by atoms with Crippen molar-refractivity contribution in [2.75, 3.05) is 0 Å². The molecule has 0 fully saturated rings. The Morgan fingerprint density at radius 2 is 1.81 bits per heavy atom. The van der Waals surface area contributed by atoms with Crippen LogP contribution < -0.4 is 5.73 Å². The van der Waals surface area contributed by atoms with Crippen molar-refractivity contribution in [3.05, 3.63) is 28.8 Å². The van der Waals surface area contributed by atoms with E-state index in [4.69, 9.17) is 5.73 Å². The molecule has 0 saturated heterocycles. The van der Waals surface area contributed by atoms with Crippen molar-refractivity contribution in [2.24, 2.45) is 5.73 Å². The molecule has 0 aliphatic rings. The van der Waals surface area contributed by atoms with Gasteiger partial charge in [-0.3, -0.25) is 0 Å². The zero-order valence-corrected chi connectivity index (χ0v) is 11.7. The molecule has 0 amide bonds. The minimum Gasteiger partial charge on any atom is -0.325 e. The summed E-state index contributed by atoms with van der Waals surface area (Å²) in [6, 6.07) is 6.21. The maximum Gasteiger partial charge on any atom is 0.107 e. The highest BCUT2D eigenvalue weighted by Crippen LogP contribution is 2.23. The van der Waals surface area contributed by atoms with Gasteiger partial charge in [-0.25, -0.2) is 4.98 Å². The maximum absolute atomic E-state index is 5.51. The fraction of sp³-hybridized carbons (Fsp3) is 0.462. The summed E-state index contributed by atoms with van der Waals surface area (Å²) in [5, 5.41) is 1.01. The molecule has 0 radical (unpaired) electrons. The van der Waals surface area contributed by atoms with Crippen molar-refractivity contribution in [3.8, 4) is 0 Å². The van der Waals surface area contributed by atoms with Crippen LogP contribution in [-0.4, -0.2) is 4.98 Å². The fourth-order valence-electron chi connectivity index (χ4n) is 1.22. The van der Waals surface area contributed by atoms with E-state index >= 15 is 0 Å². The summed E-state index contributed by atoms with van der Waals surface area (Å²) in [5.41, 5.74) is 7.84. The average molecular weight is 238 g/mol. The lowest BCUT2D eigenvalue weighted by Crippen LogP contribution is -1.93. The third kappa shape index (κ3) is 3.58. The van der Waals surface area contributed by atoms with Gasteiger partial charge in [0, 0.05) is 6.54 Å². The first-order valence-corrected chi connectivity index (χ1v) is 6.68. The zero-order chi connectivity index (χ0) is 12.6. The predicted octanol–water partition coefficient (Wildman–Crippen LogP) is 4.12. The predicted molar refractivity (Wildman–Crippen MR) is 74.9 cm³/mol. The lowest BCUT2D eigenvalue weighted by atomic mass is 10.2. The molecule has 0 unspecified atom stereocenters. The zero-order valence-electron chi connectivity index (χ0n) is 10.9. The molecule has 2 N–H and O–H groups in total. The molecule has 2 aromatic rings. The molecule has 0 aliphatic carbocycles. The van der Waals surface area contributed by atoms with E-state index in [1.165, 1.54) is 10.3 Å². The normalized spacial score (nSPS) is 8.88. The third-order valence-corrected chi connectivity index (χ3v) is 2.88. The molecule has 0 atom stereocenters. The smallest absolute Gasteiger partial charge is 0.107 e. The first-order chi connectivity index (χ1) is 7.81. The fourth-order valence-corrected chi connectivity index (χ4v) is 2.14. The Labute approximate surface area is 103 Å². The Balaban J connectivity index is 0.000000509. The summed E-state index contributed by atoms with van der Waals surface area (Å²) >= 11 is 1.68. The highest BCUT2D eigenvalue weighted by Gasteiger charge is 2.02. The molecule has 0 spiro atoms. The number of benzene rings is 1. The monoisotopic (exact) mass is 238 g/mol. The van der Waals surface area contributed by atoms with Gasteiger partial charge in [0.1, 0.15) is 5.01 Å². The number of fused-ring (bicyclic) bond motifs is 1. The molecule has 0 saturated carbocycles.